The molecular weight excluding hydrogens is 419 g/mol. The fourth-order valence-electron chi connectivity index (χ4n) is 1.64. The van der Waals surface area contributed by atoms with E-state index in [9.17, 15) is 26.4 Å². The van der Waals surface area contributed by atoms with Gasteiger partial charge in [0.25, 0.3) is 15.7 Å². The minimum Gasteiger partial charge on any atom is -0.347 e. The largest absolute Gasteiger partial charge is 0.501 e. The third kappa shape index (κ3) is 4.12. The molecule has 0 atom stereocenters. The number of nitrogens with one attached hydrogen (secondary N) is 1. The lowest BCUT2D eigenvalue weighted by molar-refractivity contribution is -0.0436. The van der Waals surface area contributed by atoms with Crippen molar-refractivity contribution < 1.29 is 26.4 Å². The molecule has 2 rings (SSSR count). The lowest BCUT2D eigenvalue weighted by Crippen LogP contribution is -2.24. The third-order valence-electron chi connectivity index (χ3n) is 2.78. The summed E-state index contributed by atoms with van der Waals surface area (Å²) >= 11 is 4.71. The van der Waals surface area contributed by atoms with Crippen molar-refractivity contribution in [2.24, 2.45) is 0 Å². The van der Waals surface area contributed by atoms with E-state index in [1.54, 1.807) is 0 Å². The summed E-state index contributed by atoms with van der Waals surface area (Å²) in [6.07, 6.45) is 0. The van der Waals surface area contributed by atoms with Crippen LogP contribution < -0.4 is 5.32 Å². The van der Waals surface area contributed by atoms with Gasteiger partial charge < -0.3 is 5.32 Å². The number of carbonyl (C=O) groups is 1. The van der Waals surface area contributed by atoms with Crippen molar-refractivity contribution in [2.75, 3.05) is 0 Å². The lowest BCUT2D eigenvalue weighted by Gasteiger charge is -2.09. The summed E-state index contributed by atoms with van der Waals surface area (Å²) in [5.74, 6) is -0.509. The first-order valence-electron chi connectivity index (χ1n) is 6.05. The van der Waals surface area contributed by atoms with Crippen molar-refractivity contribution in [1.29, 1.82) is 0 Å². The van der Waals surface area contributed by atoms with Crippen molar-refractivity contribution in [3.63, 3.8) is 0 Å². The zero-order valence-corrected chi connectivity index (χ0v) is 14.4. The Morgan fingerprint density at radius 2 is 1.74 bits per heavy atom. The van der Waals surface area contributed by atoms with E-state index in [0.29, 0.717) is 0 Å². The highest BCUT2D eigenvalue weighted by atomic mass is 79.9. The molecule has 0 bridgehead atoms. The quantitative estimate of drug-likeness (QED) is 0.808. The molecule has 1 N–H and O–H groups in total. The Morgan fingerprint density at radius 1 is 1.13 bits per heavy atom. The van der Waals surface area contributed by atoms with Gasteiger partial charge in [0.15, 0.2) is 0 Å². The molecule has 0 aliphatic heterocycles. The molecule has 0 unspecified atom stereocenters. The zero-order valence-electron chi connectivity index (χ0n) is 11.2. The molecule has 0 aliphatic rings. The molecule has 124 valence electrons. The average molecular weight is 428 g/mol. The molecule has 0 spiro atoms. The van der Waals surface area contributed by atoms with Crippen molar-refractivity contribution in [3.05, 3.63) is 50.6 Å². The Kier molecular flexibility index (Phi) is 5.17. The molecule has 0 fully saturated rings. The average Bonchev–Trinajstić information content (AvgIpc) is 2.89. The SMILES string of the molecule is O=C(NCc1ccc(Br)s1)c1ccc(S(=O)(=O)C(F)(F)F)cc1. The Bertz CT molecular complexity index is 814. The molecule has 1 amide bonds. The Morgan fingerprint density at radius 3 is 2.22 bits per heavy atom. The summed E-state index contributed by atoms with van der Waals surface area (Å²) in [5.41, 5.74) is -5.30. The van der Waals surface area contributed by atoms with Crippen LogP contribution in [-0.4, -0.2) is 19.8 Å². The minimum absolute atomic E-state index is 0.0711. The van der Waals surface area contributed by atoms with Crippen LogP contribution in [-0.2, 0) is 16.4 Å². The monoisotopic (exact) mass is 427 g/mol. The van der Waals surface area contributed by atoms with Crippen molar-refractivity contribution in [3.8, 4) is 0 Å². The van der Waals surface area contributed by atoms with Crippen molar-refractivity contribution in [2.45, 2.75) is 16.9 Å². The maximum atomic E-state index is 12.4. The van der Waals surface area contributed by atoms with Crippen LogP contribution in [0.1, 0.15) is 15.2 Å². The molecule has 0 radical (unpaired) electrons. The number of alkyl halides is 3. The Balaban J connectivity index is 2.09. The number of hydrogen-bond acceptors (Lipinski definition) is 4. The Hall–Kier alpha value is -1.39. The number of thiophene rings is 1. The predicted octanol–water partition coefficient (Wildman–Crippen LogP) is 3.73. The van der Waals surface area contributed by atoms with E-state index in [4.69, 9.17) is 0 Å². The van der Waals surface area contributed by atoms with E-state index in [1.807, 2.05) is 12.1 Å². The van der Waals surface area contributed by atoms with Crippen LogP contribution in [0.2, 0.25) is 0 Å². The molecular formula is C13H9BrF3NO3S2. The van der Waals surface area contributed by atoms with Gasteiger partial charge in [0.1, 0.15) is 0 Å². The minimum atomic E-state index is -5.41. The maximum absolute atomic E-state index is 12.4. The van der Waals surface area contributed by atoms with E-state index in [0.717, 1.165) is 32.9 Å². The zero-order chi connectivity index (χ0) is 17.3. The molecule has 0 aliphatic carbocycles. The van der Waals surface area contributed by atoms with Crippen molar-refractivity contribution in [1.82, 2.24) is 5.32 Å². The summed E-state index contributed by atoms with van der Waals surface area (Å²) in [6.45, 7) is 0.262. The fourth-order valence-corrected chi connectivity index (χ4v) is 3.82. The third-order valence-corrected chi connectivity index (χ3v) is 5.91. The van der Waals surface area contributed by atoms with Gasteiger partial charge in [-0.2, -0.15) is 13.2 Å². The number of amides is 1. The van der Waals surface area contributed by atoms with Crippen LogP contribution in [0, 0.1) is 0 Å². The highest BCUT2D eigenvalue weighted by Gasteiger charge is 2.46. The number of rotatable bonds is 4. The first kappa shape index (κ1) is 18.0. The predicted molar refractivity (Wildman–Crippen MR) is 82.9 cm³/mol. The first-order chi connectivity index (χ1) is 10.6. The molecule has 0 saturated carbocycles. The van der Waals surface area contributed by atoms with E-state index < -0.39 is 26.1 Å². The summed E-state index contributed by atoms with van der Waals surface area (Å²) in [6, 6.07) is 7.24. The van der Waals surface area contributed by atoms with Gasteiger partial charge in [-0.25, -0.2) is 8.42 Å². The van der Waals surface area contributed by atoms with Crippen LogP contribution in [0.3, 0.4) is 0 Å². The first-order valence-corrected chi connectivity index (χ1v) is 9.14. The topological polar surface area (TPSA) is 63.2 Å². The molecule has 1 heterocycles. The lowest BCUT2D eigenvalue weighted by atomic mass is 10.2. The smallest absolute Gasteiger partial charge is 0.347 e. The van der Waals surface area contributed by atoms with Crippen LogP contribution >= 0.6 is 27.3 Å². The number of carbonyl (C=O) groups excluding carboxylic acids is 1. The van der Waals surface area contributed by atoms with Gasteiger partial charge in [0.05, 0.1) is 15.2 Å². The normalized spacial score (nSPS) is 12.2. The van der Waals surface area contributed by atoms with Crippen LogP contribution in [0.4, 0.5) is 13.2 Å². The maximum Gasteiger partial charge on any atom is 0.501 e. The highest BCUT2D eigenvalue weighted by molar-refractivity contribution is 9.11. The Labute approximate surface area is 142 Å². The molecule has 10 heteroatoms. The molecule has 1 aromatic carbocycles. The van der Waals surface area contributed by atoms with Gasteiger partial charge in [-0.3, -0.25) is 4.79 Å². The summed E-state index contributed by atoms with van der Waals surface area (Å²) in [4.78, 5) is 11.9. The van der Waals surface area contributed by atoms with Gasteiger partial charge in [-0.15, -0.1) is 11.3 Å². The van der Waals surface area contributed by atoms with E-state index in [-0.39, 0.29) is 12.1 Å². The van der Waals surface area contributed by atoms with Gasteiger partial charge in [-0.05, 0) is 52.3 Å². The molecule has 4 nitrogen and oxygen atoms in total. The van der Waals surface area contributed by atoms with Crippen molar-refractivity contribution >= 4 is 43.0 Å². The molecule has 2 aromatic rings. The number of halogens is 4. The number of sulfone groups is 1. The van der Waals surface area contributed by atoms with Gasteiger partial charge in [0, 0.05) is 10.4 Å². The second-order valence-corrected chi connectivity index (χ2v) is 8.85. The van der Waals surface area contributed by atoms with Gasteiger partial charge in [-0.1, -0.05) is 0 Å². The molecule has 23 heavy (non-hydrogen) atoms. The molecule has 1 aromatic heterocycles. The van der Waals surface area contributed by atoms with Crippen LogP contribution in [0.5, 0.6) is 0 Å². The number of hydrogen-bond donors (Lipinski definition) is 1. The fraction of sp³-hybridized carbons (Fsp3) is 0.154. The standard InChI is InChI=1S/C13H9BrF3NO3S2/c14-11-6-3-9(22-11)7-18-12(19)8-1-4-10(5-2-8)23(20,21)13(15,16)17/h1-6H,7H2,(H,18,19). The highest BCUT2D eigenvalue weighted by Crippen LogP contribution is 2.30. The second kappa shape index (κ2) is 6.62. The summed E-state index contributed by atoms with van der Waals surface area (Å²) < 4.78 is 60.6. The van der Waals surface area contributed by atoms with Gasteiger partial charge >= 0.3 is 5.51 Å². The second-order valence-electron chi connectivity index (χ2n) is 4.36. The van der Waals surface area contributed by atoms with Gasteiger partial charge in [0.2, 0.25) is 0 Å². The molecule has 0 saturated heterocycles. The van der Waals surface area contributed by atoms with E-state index in [2.05, 4.69) is 21.2 Å². The number of benzene rings is 1. The van der Waals surface area contributed by atoms with Crippen LogP contribution in [0.15, 0.2) is 45.1 Å². The van der Waals surface area contributed by atoms with E-state index >= 15 is 0 Å². The van der Waals surface area contributed by atoms with Crippen LogP contribution in [0.25, 0.3) is 0 Å². The summed E-state index contributed by atoms with van der Waals surface area (Å²) in [5, 5.41) is 2.60. The van der Waals surface area contributed by atoms with E-state index in [1.165, 1.54) is 11.3 Å². The summed E-state index contributed by atoms with van der Waals surface area (Å²) in [7, 11) is -5.41.